The standard InChI is InChI=1S/C18H25N5O2/c1-14-11-22-23(12-14)9-3-7-20-18(19-2)21-8-6-15-4-5-16-17(10-15)25-13-24-16/h4-5,10-12H,3,6-9,13H2,1-2H3,(H2,19,20,21). The number of hydrogen-bond donors (Lipinski definition) is 2. The van der Waals surface area contributed by atoms with Crippen LogP contribution in [0.15, 0.2) is 35.6 Å². The molecule has 0 unspecified atom stereocenters. The Balaban J connectivity index is 1.35. The number of fused-ring (bicyclic) bond motifs is 1. The molecule has 3 rings (SSSR count). The number of aliphatic imine (C=N–C) groups is 1. The van der Waals surface area contributed by atoms with Crippen molar-refractivity contribution in [1.82, 2.24) is 20.4 Å². The summed E-state index contributed by atoms with van der Waals surface area (Å²) in [5.74, 6) is 2.47. The summed E-state index contributed by atoms with van der Waals surface area (Å²) in [5, 5.41) is 10.9. The third-order valence-corrected chi connectivity index (χ3v) is 3.99. The maximum absolute atomic E-state index is 5.41. The molecule has 0 fully saturated rings. The molecule has 0 radical (unpaired) electrons. The number of hydrogen-bond acceptors (Lipinski definition) is 4. The van der Waals surface area contributed by atoms with Crippen molar-refractivity contribution in [3.05, 3.63) is 41.7 Å². The van der Waals surface area contributed by atoms with Gasteiger partial charge in [0.05, 0.1) is 6.20 Å². The highest BCUT2D eigenvalue weighted by Crippen LogP contribution is 2.32. The molecule has 25 heavy (non-hydrogen) atoms. The van der Waals surface area contributed by atoms with Crippen molar-refractivity contribution < 1.29 is 9.47 Å². The molecular formula is C18H25N5O2. The zero-order valence-electron chi connectivity index (χ0n) is 14.8. The highest BCUT2D eigenvalue weighted by Gasteiger charge is 2.12. The number of nitrogens with zero attached hydrogens (tertiary/aromatic N) is 3. The van der Waals surface area contributed by atoms with Crippen molar-refractivity contribution in [1.29, 1.82) is 0 Å². The monoisotopic (exact) mass is 343 g/mol. The summed E-state index contributed by atoms with van der Waals surface area (Å²) in [5.41, 5.74) is 2.40. The van der Waals surface area contributed by atoms with E-state index in [0.29, 0.717) is 6.79 Å². The van der Waals surface area contributed by atoms with Crippen LogP contribution in [-0.2, 0) is 13.0 Å². The Morgan fingerprint density at radius 2 is 2.08 bits per heavy atom. The lowest BCUT2D eigenvalue weighted by atomic mass is 10.1. The van der Waals surface area contributed by atoms with Crippen molar-refractivity contribution in [3.8, 4) is 11.5 Å². The van der Waals surface area contributed by atoms with Gasteiger partial charge in [-0.25, -0.2) is 0 Å². The van der Waals surface area contributed by atoms with Gasteiger partial charge >= 0.3 is 0 Å². The molecule has 134 valence electrons. The minimum atomic E-state index is 0.311. The third-order valence-electron chi connectivity index (χ3n) is 3.99. The van der Waals surface area contributed by atoms with Crippen LogP contribution < -0.4 is 20.1 Å². The van der Waals surface area contributed by atoms with Gasteiger partial charge in [0.2, 0.25) is 6.79 Å². The van der Waals surface area contributed by atoms with Crippen molar-refractivity contribution >= 4 is 5.96 Å². The van der Waals surface area contributed by atoms with Crippen LogP contribution in [0.1, 0.15) is 17.5 Å². The van der Waals surface area contributed by atoms with E-state index in [1.807, 2.05) is 29.9 Å². The SMILES string of the molecule is CN=C(NCCCn1cc(C)cn1)NCCc1ccc2c(c1)OCO2. The topological polar surface area (TPSA) is 72.7 Å². The van der Waals surface area contributed by atoms with E-state index in [-0.39, 0.29) is 0 Å². The molecule has 0 spiro atoms. The van der Waals surface area contributed by atoms with E-state index in [1.165, 1.54) is 11.1 Å². The van der Waals surface area contributed by atoms with Crippen molar-refractivity contribution in [2.45, 2.75) is 26.3 Å². The van der Waals surface area contributed by atoms with Gasteiger partial charge in [-0.15, -0.1) is 0 Å². The number of aromatic nitrogens is 2. The Morgan fingerprint density at radius 1 is 1.24 bits per heavy atom. The number of rotatable bonds is 7. The predicted molar refractivity (Wildman–Crippen MR) is 97.2 cm³/mol. The highest BCUT2D eigenvalue weighted by molar-refractivity contribution is 5.79. The van der Waals surface area contributed by atoms with E-state index < -0.39 is 0 Å². The van der Waals surface area contributed by atoms with Gasteiger partial charge in [0.1, 0.15) is 0 Å². The molecule has 1 aliphatic heterocycles. The third kappa shape index (κ3) is 4.89. The summed E-state index contributed by atoms with van der Waals surface area (Å²) in [6, 6.07) is 6.06. The minimum Gasteiger partial charge on any atom is -0.454 e. The van der Waals surface area contributed by atoms with Crippen LogP contribution in [-0.4, -0.2) is 42.7 Å². The van der Waals surface area contributed by atoms with E-state index in [0.717, 1.165) is 49.9 Å². The molecule has 2 heterocycles. The zero-order valence-corrected chi connectivity index (χ0v) is 14.8. The molecule has 0 aliphatic carbocycles. The van der Waals surface area contributed by atoms with E-state index in [1.54, 1.807) is 7.05 Å². The summed E-state index contributed by atoms with van der Waals surface area (Å²) < 4.78 is 12.7. The highest BCUT2D eigenvalue weighted by atomic mass is 16.7. The van der Waals surface area contributed by atoms with Crippen LogP contribution >= 0.6 is 0 Å². The second-order valence-electron chi connectivity index (χ2n) is 6.00. The van der Waals surface area contributed by atoms with Crippen LogP contribution in [0.5, 0.6) is 11.5 Å². The number of aryl methyl sites for hydroxylation is 2. The van der Waals surface area contributed by atoms with E-state index in [2.05, 4.69) is 33.0 Å². The molecule has 0 amide bonds. The lowest BCUT2D eigenvalue weighted by Crippen LogP contribution is -2.39. The zero-order chi connectivity index (χ0) is 17.5. The van der Waals surface area contributed by atoms with E-state index >= 15 is 0 Å². The first-order valence-electron chi connectivity index (χ1n) is 8.57. The van der Waals surface area contributed by atoms with Crippen LogP contribution in [0.3, 0.4) is 0 Å². The Morgan fingerprint density at radius 3 is 2.88 bits per heavy atom. The largest absolute Gasteiger partial charge is 0.454 e. The molecule has 2 N–H and O–H groups in total. The number of guanidine groups is 1. The van der Waals surface area contributed by atoms with Gasteiger partial charge in [-0.05, 0) is 43.0 Å². The maximum atomic E-state index is 5.41. The summed E-state index contributed by atoms with van der Waals surface area (Å²) in [6.07, 6.45) is 5.82. The van der Waals surface area contributed by atoms with Crippen LogP contribution in [0.4, 0.5) is 0 Å². The molecule has 2 aromatic rings. The molecule has 0 atom stereocenters. The van der Waals surface area contributed by atoms with Crippen molar-refractivity contribution in [3.63, 3.8) is 0 Å². The van der Waals surface area contributed by atoms with E-state index in [4.69, 9.17) is 9.47 Å². The first kappa shape index (κ1) is 17.1. The fourth-order valence-electron chi connectivity index (χ4n) is 2.68. The fourth-order valence-corrected chi connectivity index (χ4v) is 2.68. The van der Waals surface area contributed by atoms with Crippen LogP contribution in [0, 0.1) is 6.92 Å². The maximum Gasteiger partial charge on any atom is 0.231 e. The molecule has 0 bridgehead atoms. The van der Waals surface area contributed by atoms with Gasteiger partial charge in [0.15, 0.2) is 17.5 Å². The smallest absolute Gasteiger partial charge is 0.231 e. The Hall–Kier alpha value is -2.70. The quantitative estimate of drug-likeness (QED) is 0.455. The van der Waals surface area contributed by atoms with Crippen LogP contribution in [0.25, 0.3) is 0 Å². The van der Waals surface area contributed by atoms with Gasteiger partial charge in [-0.1, -0.05) is 6.07 Å². The lowest BCUT2D eigenvalue weighted by molar-refractivity contribution is 0.174. The second kappa shape index (κ2) is 8.41. The molecular weight excluding hydrogens is 318 g/mol. The van der Waals surface area contributed by atoms with Gasteiger partial charge in [-0.3, -0.25) is 9.67 Å². The van der Waals surface area contributed by atoms with E-state index in [9.17, 15) is 0 Å². The molecule has 0 saturated carbocycles. The average molecular weight is 343 g/mol. The summed E-state index contributed by atoms with van der Waals surface area (Å²) in [7, 11) is 1.78. The molecule has 1 aliphatic rings. The molecule has 1 aromatic carbocycles. The first-order valence-corrected chi connectivity index (χ1v) is 8.57. The normalized spacial score (nSPS) is 13.1. The summed E-state index contributed by atoms with van der Waals surface area (Å²) in [4.78, 5) is 4.25. The molecule has 0 saturated heterocycles. The van der Waals surface area contributed by atoms with Gasteiger partial charge in [-0.2, -0.15) is 5.10 Å². The second-order valence-corrected chi connectivity index (χ2v) is 6.00. The summed E-state index contributed by atoms with van der Waals surface area (Å²) in [6.45, 7) is 4.91. The lowest BCUT2D eigenvalue weighted by Gasteiger charge is -2.12. The minimum absolute atomic E-state index is 0.311. The van der Waals surface area contributed by atoms with Gasteiger partial charge < -0.3 is 20.1 Å². The molecule has 7 heteroatoms. The van der Waals surface area contributed by atoms with Crippen LogP contribution in [0.2, 0.25) is 0 Å². The Kier molecular flexibility index (Phi) is 5.77. The fraction of sp³-hybridized carbons (Fsp3) is 0.444. The van der Waals surface area contributed by atoms with Crippen molar-refractivity contribution in [2.75, 3.05) is 26.9 Å². The predicted octanol–water partition coefficient (Wildman–Crippen LogP) is 1.72. The number of nitrogens with one attached hydrogen (secondary N) is 2. The number of benzene rings is 1. The van der Waals surface area contributed by atoms with Gasteiger partial charge in [0, 0.05) is 32.9 Å². The van der Waals surface area contributed by atoms with Gasteiger partial charge in [0.25, 0.3) is 0 Å². The summed E-state index contributed by atoms with van der Waals surface area (Å²) >= 11 is 0. The average Bonchev–Trinajstić information content (AvgIpc) is 3.25. The Bertz CT molecular complexity index is 726. The van der Waals surface area contributed by atoms with Crippen molar-refractivity contribution in [2.24, 2.45) is 4.99 Å². The first-order chi connectivity index (χ1) is 12.2. The Labute approximate surface area is 148 Å². The molecule has 1 aromatic heterocycles. The number of ether oxygens (including phenoxy) is 2. The molecule has 7 nitrogen and oxygen atoms in total.